The standard InChI is InChI=1S/C20H21N5O3/c1-13-3-4-15-14(11-13)12-17(21-15)19(26)25-8-2-7-24(9-10-25)18-6-5-16(20(27)28)22-23-18/h3-6,11-12,21H,2,7-10H2,1H3,(H,27,28). The highest BCUT2D eigenvalue weighted by atomic mass is 16.4. The van der Waals surface area contributed by atoms with Crippen molar-refractivity contribution in [1.29, 1.82) is 0 Å². The molecule has 1 saturated heterocycles. The predicted octanol–water partition coefficient (Wildman–Crippen LogP) is 2.32. The number of benzene rings is 1. The Kier molecular flexibility index (Phi) is 4.68. The van der Waals surface area contributed by atoms with Crippen LogP contribution < -0.4 is 4.90 Å². The maximum Gasteiger partial charge on any atom is 0.356 e. The van der Waals surface area contributed by atoms with Crippen molar-refractivity contribution in [1.82, 2.24) is 20.1 Å². The molecule has 4 rings (SSSR count). The van der Waals surface area contributed by atoms with Crippen molar-refractivity contribution in [3.8, 4) is 0 Å². The van der Waals surface area contributed by atoms with Crippen molar-refractivity contribution in [2.75, 3.05) is 31.1 Å². The molecule has 0 radical (unpaired) electrons. The molecule has 8 nitrogen and oxygen atoms in total. The van der Waals surface area contributed by atoms with Crippen molar-refractivity contribution in [3.63, 3.8) is 0 Å². The van der Waals surface area contributed by atoms with Crippen LogP contribution in [0.15, 0.2) is 36.4 Å². The molecular weight excluding hydrogens is 358 g/mol. The molecule has 1 aromatic carbocycles. The summed E-state index contributed by atoms with van der Waals surface area (Å²) in [4.78, 5) is 31.0. The Morgan fingerprint density at radius 3 is 2.64 bits per heavy atom. The van der Waals surface area contributed by atoms with Crippen LogP contribution in [0.4, 0.5) is 5.82 Å². The number of anilines is 1. The number of hydrogen-bond acceptors (Lipinski definition) is 5. The average Bonchev–Trinajstić information content (AvgIpc) is 2.95. The van der Waals surface area contributed by atoms with E-state index in [1.54, 1.807) is 6.07 Å². The fourth-order valence-electron chi connectivity index (χ4n) is 3.50. The zero-order chi connectivity index (χ0) is 19.7. The molecule has 144 valence electrons. The van der Waals surface area contributed by atoms with Gasteiger partial charge in [0.25, 0.3) is 5.91 Å². The van der Waals surface area contributed by atoms with Gasteiger partial charge in [-0.2, -0.15) is 0 Å². The van der Waals surface area contributed by atoms with Crippen molar-refractivity contribution < 1.29 is 14.7 Å². The van der Waals surface area contributed by atoms with Crippen LogP contribution in [0, 0.1) is 6.92 Å². The third-order valence-corrected chi connectivity index (χ3v) is 4.98. The Morgan fingerprint density at radius 1 is 1.04 bits per heavy atom. The number of carbonyl (C=O) groups excluding carboxylic acids is 1. The molecule has 0 aliphatic carbocycles. The molecule has 0 bridgehead atoms. The molecule has 3 aromatic rings. The summed E-state index contributed by atoms with van der Waals surface area (Å²) in [5.74, 6) is -0.483. The first kappa shape index (κ1) is 18.0. The second-order valence-electron chi connectivity index (χ2n) is 6.99. The summed E-state index contributed by atoms with van der Waals surface area (Å²) in [6, 6.07) is 11.1. The van der Waals surface area contributed by atoms with Gasteiger partial charge in [0, 0.05) is 37.1 Å². The predicted molar refractivity (Wildman–Crippen MR) is 105 cm³/mol. The number of carbonyl (C=O) groups is 2. The lowest BCUT2D eigenvalue weighted by Gasteiger charge is -2.22. The van der Waals surface area contributed by atoms with E-state index in [1.807, 2.05) is 34.9 Å². The normalized spacial score (nSPS) is 14.9. The minimum absolute atomic E-state index is 0.0111. The number of amides is 1. The molecule has 2 aromatic heterocycles. The molecule has 0 unspecified atom stereocenters. The Labute approximate surface area is 161 Å². The number of H-pyrrole nitrogens is 1. The van der Waals surface area contributed by atoms with Gasteiger partial charge in [-0.1, -0.05) is 11.6 Å². The number of aromatic carboxylic acids is 1. The molecule has 28 heavy (non-hydrogen) atoms. The summed E-state index contributed by atoms with van der Waals surface area (Å²) in [5, 5.41) is 17.7. The number of carboxylic acid groups (broad SMARTS) is 1. The van der Waals surface area contributed by atoms with E-state index in [0.717, 1.165) is 29.4 Å². The van der Waals surface area contributed by atoms with E-state index < -0.39 is 5.97 Å². The van der Waals surface area contributed by atoms with E-state index in [4.69, 9.17) is 5.11 Å². The summed E-state index contributed by atoms with van der Waals surface area (Å²) < 4.78 is 0. The minimum atomic E-state index is -1.10. The fraction of sp³-hybridized carbons (Fsp3) is 0.300. The van der Waals surface area contributed by atoms with E-state index >= 15 is 0 Å². The zero-order valence-corrected chi connectivity index (χ0v) is 15.6. The number of aromatic nitrogens is 3. The van der Waals surface area contributed by atoms with E-state index in [1.165, 1.54) is 6.07 Å². The van der Waals surface area contributed by atoms with Gasteiger partial charge in [-0.3, -0.25) is 4.79 Å². The molecule has 0 spiro atoms. The van der Waals surface area contributed by atoms with Crippen molar-refractivity contribution >= 4 is 28.6 Å². The largest absolute Gasteiger partial charge is 0.476 e. The van der Waals surface area contributed by atoms with Gasteiger partial charge in [-0.05, 0) is 43.7 Å². The van der Waals surface area contributed by atoms with Gasteiger partial charge in [0.2, 0.25) is 0 Å². The average molecular weight is 379 g/mol. The van der Waals surface area contributed by atoms with Crippen LogP contribution in [0.5, 0.6) is 0 Å². The van der Waals surface area contributed by atoms with Gasteiger partial charge in [0.15, 0.2) is 11.5 Å². The maximum atomic E-state index is 13.0. The molecule has 1 aliphatic heterocycles. The Bertz CT molecular complexity index is 1030. The van der Waals surface area contributed by atoms with Crippen molar-refractivity contribution in [2.24, 2.45) is 0 Å². The highest BCUT2D eigenvalue weighted by molar-refractivity contribution is 5.98. The Morgan fingerprint density at radius 2 is 1.89 bits per heavy atom. The first-order valence-corrected chi connectivity index (χ1v) is 9.22. The molecule has 1 amide bonds. The lowest BCUT2D eigenvalue weighted by Crippen LogP contribution is -2.35. The smallest absolute Gasteiger partial charge is 0.356 e. The summed E-state index contributed by atoms with van der Waals surface area (Å²) in [6.07, 6.45) is 0.799. The molecule has 0 saturated carbocycles. The first-order valence-electron chi connectivity index (χ1n) is 9.22. The number of aryl methyl sites for hydroxylation is 1. The van der Waals surface area contributed by atoms with Gasteiger partial charge in [-0.25, -0.2) is 4.79 Å². The lowest BCUT2D eigenvalue weighted by molar-refractivity contribution is 0.0688. The van der Waals surface area contributed by atoms with Crippen molar-refractivity contribution in [3.05, 3.63) is 53.3 Å². The van der Waals surface area contributed by atoms with Crippen LogP contribution in [0.25, 0.3) is 10.9 Å². The highest BCUT2D eigenvalue weighted by Gasteiger charge is 2.22. The van der Waals surface area contributed by atoms with Crippen LogP contribution in [-0.2, 0) is 0 Å². The fourth-order valence-corrected chi connectivity index (χ4v) is 3.50. The molecule has 0 atom stereocenters. The third-order valence-electron chi connectivity index (χ3n) is 4.98. The quantitative estimate of drug-likeness (QED) is 0.724. The van der Waals surface area contributed by atoms with Gasteiger partial charge in [0.05, 0.1) is 0 Å². The van der Waals surface area contributed by atoms with Gasteiger partial charge in [0.1, 0.15) is 5.69 Å². The Balaban J connectivity index is 1.46. The minimum Gasteiger partial charge on any atom is -0.476 e. The summed E-state index contributed by atoms with van der Waals surface area (Å²) in [6.45, 7) is 4.60. The first-order chi connectivity index (χ1) is 13.5. The zero-order valence-electron chi connectivity index (χ0n) is 15.6. The maximum absolute atomic E-state index is 13.0. The van der Waals surface area contributed by atoms with Gasteiger partial charge < -0.3 is 19.9 Å². The number of nitrogens with zero attached hydrogens (tertiary/aromatic N) is 4. The van der Waals surface area contributed by atoms with E-state index in [2.05, 4.69) is 21.2 Å². The van der Waals surface area contributed by atoms with E-state index in [9.17, 15) is 9.59 Å². The molecular formula is C20H21N5O3. The van der Waals surface area contributed by atoms with Crippen molar-refractivity contribution in [2.45, 2.75) is 13.3 Å². The molecule has 2 N–H and O–H groups in total. The number of carboxylic acids is 1. The van der Waals surface area contributed by atoms with Crippen LogP contribution in [0.2, 0.25) is 0 Å². The number of hydrogen-bond donors (Lipinski definition) is 2. The summed E-state index contributed by atoms with van der Waals surface area (Å²) in [5.41, 5.74) is 2.63. The topological polar surface area (TPSA) is 102 Å². The van der Waals surface area contributed by atoms with Crippen LogP contribution in [-0.4, -0.2) is 63.2 Å². The number of fused-ring (bicyclic) bond motifs is 1. The molecule has 8 heteroatoms. The summed E-state index contributed by atoms with van der Waals surface area (Å²) >= 11 is 0. The number of rotatable bonds is 3. The Hall–Kier alpha value is -3.42. The number of nitrogens with one attached hydrogen (secondary N) is 1. The number of aromatic amines is 1. The lowest BCUT2D eigenvalue weighted by atomic mass is 10.2. The van der Waals surface area contributed by atoms with Crippen LogP contribution in [0.3, 0.4) is 0 Å². The second-order valence-corrected chi connectivity index (χ2v) is 6.99. The van der Waals surface area contributed by atoms with Gasteiger partial charge >= 0.3 is 5.97 Å². The molecule has 3 heterocycles. The third kappa shape index (κ3) is 3.53. The highest BCUT2D eigenvalue weighted by Crippen LogP contribution is 2.19. The van der Waals surface area contributed by atoms with Gasteiger partial charge in [-0.15, -0.1) is 10.2 Å². The SMILES string of the molecule is Cc1ccc2[nH]c(C(=O)N3CCCN(c4ccc(C(=O)O)nn4)CC3)cc2c1. The second kappa shape index (κ2) is 7.30. The van der Waals surface area contributed by atoms with Crippen LogP contribution in [0.1, 0.15) is 33.0 Å². The summed E-state index contributed by atoms with van der Waals surface area (Å²) in [7, 11) is 0. The van der Waals surface area contributed by atoms with Crippen LogP contribution >= 0.6 is 0 Å². The molecule has 1 fully saturated rings. The van der Waals surface area contributed by atoms with E-state index in [-0.39, 0.29) is 11.6 Å². The molecule has 1 aliphatic rings. The monoisotopic (exact) mass is 379 g/mol. The van der Waals surface area contributed by atoms with E-state index in [0.29, 0.717) is 31.1 Å².